The molecule has 2 aliphatic rings. The number of ether oxygens (including phenoxy) is 3. The Labute approximate surface area is 163 Å². The van der Waals surface area contributed by atoms with E-state index in [1.165, 1.54) is 0 Å². The Balaban J connectivity index is 1.35. The number of rotatable bonds is 6. The molecule has 0 bridgehead atoms. The Kier molecular flexibility index (Phi) is 5.98. The van der Waals surface area contributed by atoms with Crippen LogP contribution in [0.5, 0.6) is 5.88 Å². The van der Waals surface area contributed by atoms with Crippen molar-refractivity contribution in [1.82, 2.24) is 15.3 Å². The number of hydrogen-bond acceptors (Lipinski definition) is 7. The number of anilines is 1. The fraction of sp³-hybridized carbons (Fsp3) is 0.450. The lowest BCUT2D eigenvalue weighted by Crippen LogP contribution is -2.36. The van der Waals surface area contributed by atoms with Crippen LogP contribution in [0.15, 0.2) is 36.7 Å². The summed E-state index contributed by atoms with van der Waals surface area (Å²) in [5.74, 6) is 1.05. The van der Waals surface area contributed by atoms with Crippen LogP contribution in [0.1, 0.15) is 22.3 Å². The Morgan fingerprint density at radius 2 is 2.07 bits per heavy atom. The molecule has 0 aliphatic carbocycles. The Morgan fingerprint density at radius 1 is 1.18 bits per heavy atom. The second kappa shape index (κ2) is 8.99. The number of aromatic nitrogens is 2. The number of amides is 1. The molecule has 0 aromatic carbocycles. The number of carbonyl (C=O) groups excluding carboxylic acids is 1. The maximum absolute atomic E-state index is 12.6. The van der Waals surface area contributed by atoms with E-state index in [-0.39, 0.29) is 12.0 Å². The molecule has 1 atom stereocenters. The third kappa shape index (κ3) is 4.58. The van der Waals surface area contributed by atoms with Gasteiger partial charge in [0.1, 0.15) is 17.5 Å². The first-order chi connectivity index (χ1) is 13.8. The lowest BCUT2D eigenvalue weighted by Gasteiger charge is -2.27. The molecule has 2 saturated heterocycles. The number of hydrogen-bond donors (Lipinski definition) is 1. The molecule has 4 rings (SSSR count). The first-order valence-electron chi connectivity index (χ1n) is 9.55. The van der Waals surface area contributed by atoms with Gasteiger partial charge in [0.05, 0.1) is 26.4 Å². The zero-order valence-corrected chi connectivity index (χ0v) is 15.7. The van der Waals surface area contributed by atoms with Crippen molar-refractivity contribution < 1.29 is 19.0 Å². The van der Waals surface area contributed by atoms with Crippen molar-refractivity contribution in [2.24, 2.45) is 0 Å². The van der Waals surface area contributed by atoms with Crippen molar-refractivity contribution >= 4 is 11.7 Å². The van der Waals surface area contributed by atoms with Gasteiger partial charge in [-0.2, -0.15) is 0 Å². The van der Waals surface area contributed by atoms with Gasteiger partial charge in [0.25, 0.3) is 5.91 Å². The molecule has 8 nitrogen and oxygen atoms in total. The van der Waals surface area contributed by atoms with Gasteiger partial charge < -0.3 is 24.4 Å². The van der Waals surface area contributed by atoms with Crippen LogP contribution in [0.2, 0.25) is 0 Å². The Hall–Kier alpha value is -2.71. The highest BCUT2D eigenvalue weighted by Crippen LogP contribution is 2.19. The zero-order chi connectivity index (χ0) is 19.2. The minimum atomic E-state index is -0.223. The molecule has 28 heavy (non-hydrogen) atoms. The highest BCUT2D eigenvalue weighted by Gasteiger charge is 2.21. The molecule has 0 unspecified atom stereocenters. The largest absolute Gasteiger partial charge is 0.471 e. The van der Waals surface area contributed by atoms with Crippen molar-refractivity contribution in [3.8, 4) is 5.88 Å². The second-order valence-electron chi connectivity index (χ2n) is 6.77. The average Bonchev–Trinajstić information content (AvgIpc) is 3.26. The van der Waals surface area contributed by atoms with Crippen molar-refractivity contribution in [2.45, 2.75) is 19.1 Å². The Bertz CT molecular complexity index is 787. The van der Waals surface area contributed by atoms with Crippen molar-refractivity contribution in [3.05, 3.63) is 47.8 Å². The van der Waals surface area contributed by atoms with Crippen LogP contribution in [-0.4, -0.2) is 61.5 Å². The summed E-state index contributed by atoms with van der Waals surface area (Å²) in [7, 11) is 0. The number of morpholine rings is 1. The molecule has 1 amide bonds. The monoisotopic (exact) mass is 384 g/mol. The summed E-state index contributed by atoms with van der Waals surface area (Å²) in [5, 5.41) is 2.92. The molecule has 2 aromatic heterocycles. The molecule has 2 aliphatic heterocycles. The highest BCUT2D eigenvalue weighted by atomic mass is 16.5. The first-order valence-corrected chi connectivity index (χ1v) is 9.55. The van der Waals surface area contributed by atoms with Gasteiger partial charge in [-0.15, -0.1) is 0 Å². The van der Waals surface area contributed by atoms with Crippen LogP contribution in [0.25, 0.3) is 0 Å². The molecule has 2 fully saturated rings. The van der Waals surface area contributed by atoms with Gasteiger partial charge in [-0.25, -0.2) is 9.97 Å². The minimum Gasteiger partial charge on any atom is -0.471 e. The van der Waals surface area contributed by atoms with Crippen LogP contribution in [0.4, 0.5) is 5.82 Å². The van der Waals surface area contributed by atoms with Gasteiger partial charge in [-0.05, 0) is 23.8 Å². The topological polar surface area (TPSA) is 85.8 Å². The SMILES string of the molecule is O=C(NCc1ccc(N2CCOCC2)nc1)c1cccnc1O[C@@H]1CCOC1. The number of nitrogens with one attached hydrogen (secondary N) is 1. The second-order valence-corrected chi connectivity index (χ2v) is 6.77. The van der Waals surface area contributed by atoms with Crippen LogP contribution in [-0.2, 0) is 16.0 Å². The fourth-order valence-electron chi connectivity index (χ4n) is 3.20. The maximum atomic E-state index is 12.6. The summed E-state index contributed by atoms with van der Waals surface area (Å²) in [6, 6.07) is 7.40. The van der Waals surface area contributed by atoms with E-state index in [1.807, 2.05) is 12.1 Å². The van der Waals surface area contributed by atoms with Crippen LogP contribution < -0.4 is 15.0 Å². The predicted octanol–water partition coefficient (Wildman–Crippen LogP) is 1.41. The van der Waals surface area contributed by atoms with E-state index in [1.54, 1.807) is 24.5 Å². The number of pyridine rings is 2. The van der Waals surface area contributed by atoms with Crippen molar-refractivity contribution in [1.29, 1.82) is 0 Å². The van der Waals surface area contributed by atoms with E-state index < -0.39 is 0 Å². The minimum absolute atomic E-state index is 0.0571. The average molecular weight is 384 g/mol. The normalized spacial score (nSPS) is 19.4. The van der Waals surface area contributed by atoms with E-state index >= 15 is 0 Å². The predicted molar refractivity (Wildman–Crippen MR) is 103 cm³/mol. The van der Waals surface area contributed by atoms with Gasteiger partial charge >= 0.3 is 0 Å². The van der Waals surface area contributed by atoms with Gasteiger partial charge in [-0.3, -0.25) is 4.79 Å². The van der Waals surface area contributed by atoms with E-state index in [9.17, 15) is 4.79 Å². The smallest absolute Gasteiger partial charge is 0.257 e. The van der Waals surface area contributed by atoms with E-state index in [2.05, 4.69) is 20.2 Å². The molecule has 148 valence electrons. The highest BCUT2D eigenvalue weighted by molar-refractivity contribution is 5.96. The summed E-state index contributed by atoms with van der Waals surface area (Å²) < 4.78 is 16.5. The van der Waals surface area contributed by atoms with Crippen molar-refractivity contribution in [2.75, 3.05) is 44.4 Å². The lowest BCUT2D eigenvalue weighted by atomic mass is 10.2. The molecule has 0 saturated carbocycles. The molecular weight excluding hydrogens is 360 g/mol. The molecule has 0 radical (unpaired) electrons. The quantitative estimate of drug-likeness (QED) is 0.806. The molecule has 8 heteroatoms. The number of carbonyl (C=O) groups is 1. The Morgan fingerprint density at radius 3 is 2.82 bits per heavy atom. The molecule has 1 N–H and O–H groups in total. The van der Waals surface area contributed by atoms with E-state index in [0.29, 0.717) is 31.2 Å². The lowest BCUT2D eigenvalue weighted by molar-refractivity contribution is 0.0937. The van der Waals surface area contributed by atoms with Gasteiger partial charge in [-0.1, -0.05) is 6.07 Å². The van der Waals surface area contributed by atoms with Crippen LogP contribution in [0, 0.1) is 0 Å². The third-order valence-corrected chi connectivity index (χ3v) is 4.78. The van der Waals surface area contributed by atoms with E-state index in [4.69, 9.17) is 14.2 Å². The zero-order valence-electron chi connectivity index (χ0n) is 15.7. The molecule has 0 spiro atoms. The van der Waals surface area contributed by atoms with Crippen molar-refractivity contribution in [3.63, 3.8) is 0 Å². The summed E-state index contributed by atoms with van der Waals surface area (Å²) in [6.45, 7) is 4.73. The maximum Gasteiger partial charge on any atom is 0.257 e. The standard InChI is InChI=1S/C20H24N4O4/c25-19(17-2-1-6-21-20(17)28-16-5-9-27-14-16)23-13-15-3-4-18(22-12-15)24-7-10-26-11-8-24/h1-4,6,12,16H,5,7-11,13-14H2,(H,23,25)/t16-/m1/s1. The summed E-state index contributed by atoms with van der Waals surface area (Å²) in [6.07, 6.45) is 4.16. The fourth-order valence-corrected chi connectivity index (χ4v) is 3.20. The molecule has 4 heterocycles. The van der Waals surface area contributed by atoms with Crippen LogP contribution >= 0.6 is 0 Å². The van der Waals surface area contributed by atoms with Gasteiger partial charge in [0, 0.05) is 38.4 Å². The van der Waals surface area contributed by atoms with Gasteiger partial charge in [0.15, 0.2) is 0 Å². The summed E-state index contributed by atoms with van der Waals surface area (Å²) in [4.78, 5) is 23.5. The number of nitrogens with zero attached hydrogens (tertiary/aromatic N) is 3. The summed E-state index contributed by atoms with van der Waals surface area (Å²) in [5.41, 5.74) is 1.35. The summed E-state index contributed by atoms with van der Waals surface area (Å²) >= 11 is 0. The van der Waals surface area contributed by atoms with E-state index in [0.717, 1.165) is 44.1 Å². The third-order valence-electron chi connectivity index (χ3n) is 4.78. The molecule has 2 aromatic rings. The molecular formula is C20H24N4O4. The van der Waals surface area contributed by atoms with Gasteiger partial charge in [0.2, 0.25) is 5.88 Å². The first kappa shape index (κ1) is 18.6. The van der Waals surface area contributed by atoms with Crippen LogP contribution in [0.3, 0.4) is 0 Å².